The molecule has 5 nitrogen and oxygen atoms in total. The van der Waals surface area contributed by atoms with Gasteiger partial charge in [-0.3, -0.25) is 4.79 Å². The smallest absolute Gasteiger partial charge is 0.220 e. The Labute approximate surface area is 167 Å². The number of fused-ring (bicyclic) bond motifs is 1. The van der Waals surface area contributed by atoms with Crippen LogP contribution in [-0.4, -0.2) is 25.7 Å². The maximum atomic E-state index is 12.6. The molecule has 1 aliphatic rings. The van der Waals surface area contributed by atoms with E-state index in [1.165, 1.54) is 0 Å². The fourth-order valence-corrected chi connectivity index (χ4v) is 3.65. The monoisotopic (exact) mass is 383 g/mol. The quantitative estimate of drug-likeness (QED) is 0.805. The molecule has 28 heavy (non-hydrogen) atoms. The molecule has 1 unspecified atom stereocenters. The third kappa shape index (κ3) is 4.58. The van der Waals surface area contributed by atoms with Crippen LogP contribution in [-0.2, 0) is 11.2 Å². The molecule has 0 saturated carbocycles. The highest BCUT2D eigenvalue weighted by Crippen LogP contribution is 2.40. The largest absolute Gasteiger partial charge is 0.493 e. The minimum Gasteiger partial charge on any atom is -0.493 e. The van der Waals surface area contributed by atoms with Gasteiger partial charge in [-0.25, -0.2) is 0 Å². The Hall–Kier alpha value is -2.69. The maximum Gasteiger partial charge on any atom is 0.220 e. The summed E-state index contributed by atoms with van der Waals surface area (Å²) in [7, 11) is 3.22. The molecule has 0 saturated heterocycles. The first-order valence-electron chi connectivity index (χ1n) is 9.61. The molecule has 1 N–H and O–H groups in total. The van der Waals surface area contributed by atoms with E-state index >= 15 is 0 Å². The van der Waals surface area contributed by atoms with E-state index in [2.05, 4.69) is 31.3 Å². The van der Waals surface area contributed by atoms with Gasteiger partial charge in [-0.15, -0.1) is 0 Å². The van der Waals surface area contributed by atoms with E-state index in [1.807, 2.05) is 31.2 Å². The minimum absolute atomic E-state index is 0.0315. The highest BCUT2D eigenvalue weighted by molar-refractivity contribution is 5.77. The van der Waals surface area contributed by atoms with Crippen LogP contribution >= 0.6 is 0 Å². The Balaban J connectivity index is 1.67. The van der Waals surface area contributed by atoms with Crippen LogP contribution in [0.3, 0.4) is 0 Å². The zero-order valence-electron chi connectivity index (χ0n) is 17.3. The normalized spacial score (nSPS) is 17.2. The molecule has 5 heteroatoms. The summed E-state index contributed by atoms with van der Waals surface area (Å²) in [5.41, 5.74) is 2.91. The zero-order valence-corrected chi connectivity index (χ0v) is 17.3. The molecule has 150 valence electrons. The molecular weight excluding hydrogens is 354 g/mol. The Morgan fingerprint density at radius 3 is 2.61 bits per heavy atom. The number of carbonyl (C=O) groups is 1. The molecule has 0 aliphatic carbocycles. The minimum atomic E-state index is -0.317. The number of amides is 1. The van der Waals surface area contributed by atoms with Crippen molar-refractivity contribution in [2.45, 2.75) is 51.7 Å². The van der Waals surface area contributed by atoms with Gasteiger partial charge in [0.25, 0.3) is 0 Å². The number of ether oxygens (including phenoxy) is 3. The number of aryl methyl sites for hydroxylation is 2. The van der Waals surface area contributed by atoms with Crippen molar-refractivity contribution in [2.75, 3.05) is 14.2 Å². The standard InChI is InChI=1S/C23H29NO4/c1-15-6-9-17-18(14-23(2,3)28-20(17)12-15)24-22(25)11-8-16-7-10-19(26-4)21(13-16)27-5/h6-7,9-10,12-13,18H,8,11,14H2,1-5H3,(H,24,25). The average Bonchev–Trinajstić information content (AvgIpc) is 2.64. The van der Waals surface area contributed by atoms with Gasteiger partial charge < -0.3 is 19.5 Å². The second-order valence-electron chi connectivity index (χ2n) is 7.92. The van der Waals surface area contributed by atoms with Gasteiger partial charge >= 0.3 is 0 Å². The summed E-state index contributed by atoms with van der Waals surface area (Å²) in [5, 5.41) is 3.20. The summed E-state index contributed by atoms with van der Waals surface area (Å²) >= 11 is 0. The fraction of sp³-hybridized carbons (Fsp3) is 0.435. The topological polar surface area (TPSA) is 56.8 Å². The van der Waals surface area contributed by atoms with Crippen LogP contribution in [0.15, 0.2) is 36.4 Å². The summed E-state index contributed by atoms with van der Waals surface area (Å²) in [6, 6.07) is 11.9. The average molecular weight is 383 g/mol. The van der Waals surface area contributed by atoms with E-state index in [0.29, 0.717) is 24.3 Å². The third-order valence-electron chi connectivity index (χ3n) is 5.05. The number of rotatable bonds is 6. The first-order valence-corrected chi connectivity index (χ1v) is 9.61. The van der Waals surface area contributed by atoms with E-state index in [4.69, 9.17) is 14.2 Å². The molecule has 0 fully saturated rings. The van der Waals surface area contributed by atoms with E-state index in [9.17, 15) is 4.79 Å². The Morgan fingerprint density at radius 1 is 1.14 bits per heavy atom. The molecule has 1 amide bonds. The van der Waals surface area contributed by atoms with Crippen LogP contribution in [0.5, 0.6) is 17.2 Å². The predicted octanol–water partition coefficient (Wildman–Crippen LogP) is 4.36. The zero-order chi connectivity index (χ0) is 20.3. The Morgan fingerprint density at radius 2 is 1.89 bits per heavy atom. The van der Waals surface area contributed by atoms with Gasteiger partial charge in [0, 0.05) is 18.4 Å². The molecule has 1 atom stereocenters. The predicted molar refractivity (Wildman–Crippen MR) is 109 cm³/mol. The lowest BCUT2D eigenvalue weighted by molar-refractivity contribution is -0.122. The van der Waals surface area contributed by atoms with E-state index in [0.717, 1.165) is 28.9 Å². The molecule has 0 radical (unpaired) electrons. The Bertz CT molecular complexity index is 860. The molecule has 2 aromatic carbocycles. The summed E-state index contributed by atoms with van der Waals surface area (Å²) in [6.07, 6.45) is 1.79. The van der Waals surface area contributed by atoms with Gasteiger partial charge in [-0.2, -0.15) is 0 Å². The molecule has 1 heterocycles. The second-order valence-corrected chi connectivity index (χ2v) is 7.92. The third-order valence-corrected chi connectivity index (χ3v) is 5.05. The van der Waals surface area contributed by atoms with Gasteiger partial charge in [-0.1, -0.05) is 18.2 Å². The summed E-state index contributed by atoms with van der Waals surface area (Å²) < 4.78 is 16.7. The first kappa shape index (κ1) is 20.1. The molecule has 0 aromatic heterocycles. The molecule has 2 aromatic rings. The van der Waals surface area contributed by atoms with Gasteiger partial charge in [0.2, 0.25) is 5.91 Å². The fourth-order valence-electron chi connectivity index (χ4n) is 3.65. The summed E-state index contributed by atoms with van der Waals surface area (Å²) in [6.45, 7) is 6.16. The molecule has 1 aliphatic heterocycles. The van der Waals surface area contributed by atoms with Crippen LogP contribution < -0.4 is 19.5 Å². The van der Waals surface area contributed by atoms with Gasteiger partial charge in [0.15, 0.2) is 11.5 Å². The molecule has 0 bridgehead atoms. The van der Waals surface area contributed by atoms with Crippen molar-refractivity contribution in [3.8, 4) is 17.2 Å². The van der Waals surface area contributed by atoms with E-state index in [1.54, 1.807) is 14.2 Å². The van der Waals surface area contributed by atoms with Gasteiger partial charge in [0.05, 0.1) is 20.3 Å². The van der Waals surface area contributed by atoms with Crippen LogP contribution in [0.4, 0.5) is 0 Å². The van der Waals surface area contributed by atoms with Crippen molar-refractivity contribution in [2.24, 2.45) is 0 Å². The van der Waals surface area contributed by atoms with Crippen LogP contribution in [0, 0.1) is 6.92 Å². The van der Waals surface area contributed by atoms with Crippen molar-refractivity contribution >= 4 is 5.91 Å². The number of benzene rings is 2. The molecule has 3 rings (SSSR count). The van der Waals surface area contributed by atoms with Crippen molar-refractivity contribution in [3.05, 3.63) is 53.1 Å². The molecular formula is C23H29NO4. The lowest BCUT2D eigenvalue weighted by Gasteiger charge is -2.38. The van der Waals surface area contributed by atoms with Crippen molar-refractivity contribution in [3.63, 3.8) is 0 Å². The molecule has 0 spiro atoms. The second kappa shape index (κ2) is 8.13. The highest BCUT2D eigenvalue weighted by atomic mass is 16.5. The van der Waals surface area contributed by atoms with Crippen molar-refractivity contribution in [1.29, 1.82) is 0 Å². The maximum absolute atomic E-state index is 12.6. The van der Waals surface area contributed by atoms with Crippen molar-refractivity contribution < 1.29 is 19.0 Å². The first-order chi connectivity index (χ1) is 13.3. The lowest BCUT2D eigenvalue weighted by atomic mass is 9.89. The summed E-state index contributed by atoms with van der Waals surface area (Å²) in [4.78, 5) is 12.6. The number of nitrogens with one attached hydrogen (secondary N) is 1. The van der Waals surface area contributed by atoms with E-state index in [-0.39, 0.29) is 17.6 Å². The van der Waals surface area contributed by atoms with Crippen LogP contribution in [0.1, 0.15) is 49.4 Å². The summed E-state index contributed by atoms with van der Waals surface area (Å²) in [5.74, 6) is 2.26. The lowest BCUT2D eigenvalue weighted by Crippen LogP contribution is -2.41. The van der Waals surface area contributed by atoms with Crippen molar-refractivity contribution in [1.82, 2.24) is 5.32 Å². The SMILES string of the molecule is COc1ccc(CCC(=O)NC2CC(C)(C)Oc3cc(C)ccc32)cc1OC. The van der Waals surface area contributed by atoms with Crippen LogP contribution in [0.2, 0.25) is 0 Å². The highest BCUT2D eigenvalue weighted by Gasteiger charge is 2.34. The number of hydrogen-bond acceptors (Lipinski definition) is 4. The number of methoxy groups -OCH3 is 2. The van der Waals surface area contributed by atoms with E-state index < -0.39 is 0 Å². The van der Waals surface area contributed by atoms with Gasteiger partial charge in [0.1, 0.15) is 11.4 Å². The number of hydrogen-bond donors (Lipinski definition) is 1. The van der Waals surface area contributed by atoms with Crippen LogP contribution in [0.25, 0.3) is 0 Å². The number of carbonyl (C=O) groups excluding carboxylic acids is 1. The van der Waals surface area contributed by atoms with Gasteiger partial charge in [-0.05, 0) is 56.5 Å². The Kier molecular flexibility index (Phi) is 5.82.